The van der Waals surface area contributed by atoms with Crippen LogP contribution in [0.4, 0.5) is 26.2 Å². The molecule has 2 N–H and O–H groups in total. The molecule has 1 heterocycles. The topological polar surface area (TPSA) is 62.7 Å². The maximum absolute atomic E-state index is 13.0. The summed E-state index contributed by atoms with van der Waals surface area (Å²) in [5.74, 6) is -1.05. The maximum atomic E-state index is 13.0. The van der Waals surface area contributed by atoms with Gasteiger partial charge in [-0.15, -0.1) is 5.10 Å². The van der Waals surface area contributed by atoms with Crippen molar-refractivity contribution in [3.8, 4) is 0 Å². The number of anilines is 3. The molecule has 1 aromatic heterocycles. The van der Waals surface area contributed by atoms with E-state index in [1.807, 2.05) is 6.92 Å². The molecule has 0 spiro atoms. The lowest BCUT2D eigenvalue weighted by Gasteiger charge is -2.07. The smallest absolute Gasteiger partial charge is 0.249 e. The first kappa shape index (κ1) is 13.1. The van der Waals surface area contributed by atoms with Crippen LogP contribution >= 0.6 is 0 Å². The number of aromatic nitrogens is 3. The van der Waals surface area contributed by atoms with Gasteiger partial charge in [0.05, 0.1) is 6.20 Å². The normalized spacial score (nSPS) is 10.3. The number of nitrogens with zero attached hydrogens (tertiary/aromatic N) is 3. The summed E-state index contributed by atoms with van der Waals surface area (Å²) >= 11 is 0. The van der Waals surface area contributed by atoms with Gasteiger partial charge in [-0.05, 0) is 18.6 Å². The van der Waals surface area contributed by atoms with Gasteiger partial charge in [-0.2, -0.15) is 10.1 Å². The van der Waals surface area contributed by atoms with Crippen LogP contribution in [0.25, 0.3) is 0 Å². The van der Waals surface area contributed by atoms with Gasteiger partial charge in [0.15, 0.2) is 17.5 Å². The average Bonchev–Trinajstić information content (AvgIpc) is 2.41. The van der Waals surface area contributed by atoms with Crippen LogP contribution in [0.3, 0.4) is 0 Å². The van der Waals surface area contributed by atoms with Crippen LogP contribution in [-0.2, 0) is 0 Å². The van der Waals surface area contributed by atoms with Gasteiger partial charge in [0.1, 0.15) is 0 Å². The fourth-order valence-corrected chi connectivity index (χ4v) is 1.40. The lowest BCUT2D eigenvalue weighted by molar-refractivity contribution is 0.509. The number of nitrogens with one attached hydrogen (secondary N) is 2. The summed E-state index contributed by atoms with van der Waals surface area (Å²) in [5.41, 5.74) is 0.355. The van der Waals surface area contributed by atoms with Crippen LogP contribution in [-0.4, -0.2) is 21.7 Å². The standard InChI is InChI=1S/C12H13F2N5/c1-2-5-15-11-7-16-19-12(18-11)17-8-3-4-9(13)10(14)6-8/h3-4,6-7H,2,5H2,1H3,(H2,15,17,18,19). The van der Waals surface area contributed by atoms with Gasteiger partial charge in [-0.25, -0.2) is 8.78 Å². The molecule has 0 unspecified atom stereocenters. The van der Waals surface area contributed by atoms with Crippen LogP contribution in [0.5, 0.6) is 0 Å². The van der Waals surface area contributed by atoms with Crippen LogP contribution in [0.1, 0.15) is 13.3 Å². The third-order valence-corrected chi connectivity index (χ3v) is 2.29. The molecule has 0 aliphatic rings. The summed E-state index contributed by atoms with van der Waals surface area (Å²) in [6.07, 6.45) is 2.45. The first-order valence-electron chi connectivity index (χ1n) is 5.84. The van der Waals surface area contributed by atoms with E-state index in [2.05, 4.69) is 25.8 Å². The van der Waals surface area contributed by atoms with Gasteiger partial charge in [-0.1, -0.05) is 6.92 Å². The number of benzene rings is 1. The van der Waals surface area contributed by atoms with E-state index >= 15 is 0 Å². The second kappa shape index (κ2) is 6.03. The van der Waals surface area contributed by atoms with Crippen molar-refractivity contribution in [3.05, 3.63) is 36.0 Å². The monoisotopic (exact) mass is 265 g/mol. The van der Waals surface area contributed by atoms with E-state index in [-0.39, 0.29) is 5.95 Å². The third kappa shape index (κ3) is 3.57. The number of hydrogen-bond acceptors (Lipinski definition) is 5. The van der Waals surface area contributed by atoms with E-state index < -0.39 is 11.6 Å². The van der Waals surface area contributed by atoms with Crippen LogP contribution in [0.2, 0.25) is 0 Å². The van der Waals surface area contributed by atoms with Gasteiger partial charge in [0.25, 0.3) is 0 Å². The zero-order valence-corrected chi connectivity index (χ0v) is 10.3. The van der Waals surface area contributed by atoms with E-state index in [1.165, 1.54) is 12.3 Å². The zero-order chi connectivity index (χ0) is 13.7. The SMILES string of the molecule is CCCNc1cnnc(Nc2ccc(F)c(F)c2)n1. The van der Waals surface area contributed by atoms with Crippen molar-refractivity contribution in [1.29, 1.82) is 0 Å². The predicted molar refractivity (Wildman–Crippen MR) is 68.2 cm³/mol. The van der Waals surface area contributed by atoms with Gasteiger partial charge in [0, 0.05) is 18.3 Å². The second-order valence-electron chi connectivity index (χ2n) is 3.85. The summed E-state index contributed by atoms with van der Waals surface area (Å²) in [4.78, 5) is 4.15. The van der Waals surface area contributed by atoms with Crippen LogP contribution in [0.15, 0.2) is 24.4 Å². The average molecular weight is 265 g/mol. The highest BCUT2D eigenvalue weighted by Gasteiger charge is 2.05. The molecule has 0 saturated heterocycles. The highest BCUT2D eigenvalue weighted by atomic mass is 19.2. The summed E-state index contributed by atoms with van der Waals surface area (Å²) in [6.45, 7) is 2.80. The number of halogens is 2. The zero-order valence-electron chi connectivity index (χ0n) is 10.3. The lowest BCUT2D eigenvalue weighted by Crippen LogP contribution is -2.06. The molecule has 19 heavy (non-hydrogen) atoms. The minimum absolute atomic E-state index is 0.215. The molecular formula is C12H13F2N5. The van der Waals surface area contributed by atoms with Crippen molar-refractivity contribution in [2.45, 2.75) is 13.3 Å². The molecule has 0 bridgehead atoms. The minimum Gasteiger partial charge on any atom is -0.369 e. The largest absolute Gasteiger partial charge is 0.369 e. The Hall–Kier alpha value is -2.31. The van der Waals surface area contributed by atoms with Gasteiger partial charge in [0.2, 0.25) is 5.95 Å². The van der Waals surface area contributed by atoms with Crippen LogP contribution < -0.4 is 10.6 Å². The number of rotatable bonds is 5. The summed E-state index contributed by atoms with van der Waals surface area (Å²) in [5, 5.41) is 13.3. The molecule has 0 aliphatic carbocycles. The molecule has 0 atom stereocenters. The van der Waals surface area contributed by atoms with E-state index in [4.69, 9.17) is 0 Å². The second-order valence-corrected chi connectivity index (χ2v) is 3.85. The minimum atomic E-state index is -0.932. The predicted octanol–water partition coefficient (Wildman–Crippen LogP) is 2.72. The fourth-order valence-electron chi connectivity index (χ4n) is 1.40. The Morgan fingerprint density at radius 2 is 2.05 bits per heavy atom. The molecule has 2 aromatic rings. The maximum Gasteiger partial charge on any atom is 0.249 e. The number of hydrogen-bond donors (Lipinski definition) is 2. The Morgan fingerprint density at radius 3 is 2.79 bits per heavy atom. The molecule has 0 saturated carbocycles. The Morgan fingerprint density at radius 1 is 1.21 bits per heavy atom. The quantitative estimate of drug-likeness (QED) is 0.870. The molecule has 5 nitrogen and oxygen atoms in total. The van der Waals surface area contributed by atoms with E-state index in [1.54, 1.807) is 0 Å². The summed E-state index contributed by atoms with van der Waals surface area (Å²) in [7, 11) is 0. The Bertz CT molecular complexity index is 562. The molecule has 2 rings (SSSR count). The molecule has 1 aromatic carbocycles. The van der Waals surface area contributed by atoms with Crippen molar-refractivity contribution in [3.63, 3.8) is 0 Å². The molecule has 0 aliphatic heterocycles. The fraction of sp³-hybridized carbons (Fsp3) is 0.250. The first-order valence-corrected chi connectivity index (χ1v) is 5.84. The Kier molecular flexibility index (Phi) is 4.17. The Labute approximate surface area is 109 Å². The van der Waals surface area contributed by atoms with Crippen LogP contribution in [0, 0.1) is 11.6 Å². The molecular weight excluding hydrogens is 252 g/mol. The van der Waals surface area contributed by atoms with Gasteiger partial charge in [-0.3, -0.25) is 0 Å². The van der Waals surface area contributed by atoms with Crippen molar-refractivity contribution >= 4 is 17.5 Å². The third-order valence-electron chi connectivity index (χ3n) is 2.29. The molecule has 100 valence electrons. The van der Waals surface area contributed by atoms with Crippen molar-refractivity contribution < 1.29 is 8.78 Å². The summed E-state index contributed by atoms with van der Waals surface area (Å²) in [6, 6.07) is 3.46. The molecule has 7 heteroatoms. The van der Waals surface area contributed by atoms with E-state index in [0.29, 0.717) is 11.5 Å². The van der Waals surface area contributed by atoms with Gasteiger partial charge < -0.3 is 10.6 Å². The van der Waals surface area contributed by atoms with Crippen molar-refractivity contribution in [1.82, 2.24) is 15.2 Å². The Balaban J connectivity index is 2.11. The van der Waals surface area contributed by atoms with Gasteiger partial charge >= 0.3 is 0 Å². The first-order chi connectivity index (χ1) is 9.19. The highest BCUT2D eigenvalue weighted by molar-refractivity contribution is 5.54. The molecule has 0 radical (unpaired) electrons. The summed E-state index contributed by atoms with van der Waals surface area (Å²) < 4.78 is 25.8. The van der Waals surface area contributed by atoms with Crippen molar-refractivity contribution in [2.75, 3.05) is 17.2 Å². The molecule has 0 amide bonds. The van der Waals surface area contributed by atoms with E-state index in [0.717, 1.165) is 25.1 Å². The van der Waals surface area contributed by atoms with Crippen molar-refractivity contribution in [2.24, 2.45) is 0 Å². The lowest BCUT2D eigenvalue weighted by atomic mass is 10.3. The van der Waals surface area contributed by atoms with E-state index in [9.17, 15) is 8.78 Å². The molecule has 0 fully saturated rings. The highest BCUT2D eigenvalue weighted by Crippen LogP contribution is 2.16.